The van der Waals surface area contributed by atoms with Gasteiger partial charge in [0.25, 0.3) is 0 Å². The summed E-state index contributed by atoms with van der Waals surface area (Å²) in [5.41, 5.74) is 6.22. The van der Waals surface area contributed by atoms with Crippen LogP contribution in [0.2, 0.25) is 0 Å². The van der Waals surface area contributed by atoms with E-state index in [1.54, 1.807) is 54.7 Å². The molecule has 0 saturated heterocycles. The zero-order valence-electron chi connectivity index (χ0n) is 46.8. The van der Waals surface area contributed by atoms with Crippen molar-refractivity contribution in [2.24, 2.45) is 5.41 Å². The van der Waals surface area contributed by atoms with E-state index < -0.39 is 38.2 Å². The zero-order valence-corrected chi connectivity index (χ0v) is 37.2. The summed E-state index contributed by atoms with van der Waals surface area (Å²) in [5.74, 6) is -0.954. The smallest absolute Gasteiger partial charge is 0.128 e. The molecule has 0 saturated carbocycles. The molecule has 309 valence electrons. The third-order valence-electron chi connectivity index (χ3n) is 10.6. The van der Waals surface area contributed by atoms with Gasteiger partial charge in [-0.3, -0.25) is 0 Å². The fraction of sp³-hybridized carbons (Fsp3) is 0.228. The van der Waals surface area contributed by atoms with Crippen molar-refractivity contribution in [1.29, 1.82) is 0 Å². The fourth-order valence-corrected chi connectivity index (χ4v) is 7.69. The number of nitrogens with zero attached hydrogens (tertiary/aromatic N) is 2. The Morgan fingerprint density at radius 2 is 1.43 bits per heavy atom. The minimum absolute atomic E-state index is 0. The van der Waals surface area contributed by atoms with Crippen molar-refractivity contribution < 1.29 is 41.0 Å². The van der Waals surface area contributed by atoms with Gasteiger partial charge in [0.2, 0.25) is 0 Å². The molecule has 0 aliphatic heterocycles. The molecule has 0 bridgehead atoms. The van der Waals surface area contributed by atoms with Gasteiger partial charge >= 0.3 is 0 Å². The van der Waals surface area contributed by atoms with Gasteiger partial charge in [0.1, 0.15) is 5.58 Å². The first-order valence-electron chi connectivity index (χ1n) is 26.3. The van der Waals surface area contributed by atoms with E-state index in [0.717, 1.165) is 32.7 Å². The van der Waals surface area contributed by atoms with Crippen LogP contribution in [-0.4, -0.2) is 9.97 Å². The normalized spacial score (nSPS) is 15.4. The minimum atomic E-state index is -2.55. The maximum Gasteiger partial charge on any atom is 0.128 e. The number of furan rings is 1. The molecule has 0 fully saturated rings. The number of benzene rings is 6. The van der Waals surface area contributed by atoms with Crippen molar-refractivity contribution in [3.63, 3.8) is 0 Å². The van der Waals surface area contributed by atoms with Crippen LogP contribution in [0.1, 0.15) is 97.6 Å². The minimum Gasteiger partial charge on any atom is -0.500 e. The number of fused-ring (bicyclic) bond motifs is 5. The van der Waals surface area contributed by atoms with Crippen LogP contribution in [0.15, 0.2) is 144 Å². The Morgan fingerprint density at radius 3 is 2.16 bits per heavy atom. The second-order valence-corrected chi connectivity index (χ2v) is 15.9. The summed E-state index contributed by atoms with van der Waals surface area (Å²) < 4.78 is 105. The Bertz CT molecular complexity index is 3420. The average Bonchev–Trinajstić information content (AvgIpc) is 3.75. The SMILES string of the molecule is [2H]C([2H])([2H])c1c[c-]c(-c2ccc(C([2H])([2H])C(C)(C)C)cn2)cc1-c1ccccc1.[2H]C([2H])([2H])c1cnc(-c2[c-]ccc3c2oc2c4ccccc4ccc32)cc1-c1ccc(C([2H])(CC)CC)cc1C([2H])([2H])[2H].[Ir]. The molecule has 0 aliphatic rings. The number of aromatic nitrogens is 2. The number of hydrogen-bond donors (Lipinski definition) is 0. The van der Waals surface area contributed by atoms with E-state index >= 15 is 0 Å². The quantitative estimate of drug-likeness (QED) is 0.142. The molecule has 6 aromatic carbocycles. The van der Waals surface area contributed by atoms with Crippen LogP contribution in [0.3, 0.4) is 0 Å². The topological polar surface area (TPSA) is 38.9 Å². The van der Waals surface area contributed by atoms with Crippen molar-refractivity contribution in [3.05, 3.63) is 180 Å². The van der Waals surface area contributed by atoms with Gasteiger partial charge in [-0.1, -0.05) is 161 Å². The molecule has 0 N–H and O–H groups in total. The van der Waals surface area contributed by atoms with E-state index in [1.165, 1.54) is 12.3 Å². The zero-order chi connectivity index (χ0) is 52.2. The standard InChI is InChI=1S/C34H30NO.C23H24N.Ir/c1-5-23(6-2)25-15-16-26(21(3)18-25)31-19-32(35-20-22(31)4)30-13-9-12-28-29-17-14-24-10-7-8-11-27(24)33(29)36-34(28)30;1-17-10-12-20(14-21(17)19-8-6-5-7-9-19)22-13-11-18(16-24-22)15-23(2,3)4;/h7-12,14-20,23H,5-6H2,1-4H3;5-11,13-14,16H,15H2,1-4H3;/q2*-1;/i3D3,4D3,23D;1D3,15D2;. The fourth-order valence-electron chi connectivity index (χ4n) is 7.69. The van der Waals surface area contributed by atoms with Crippen LogP contribution in [-0.2, 0) is 26.5 Å². The molecular formula is C57H54IrN2O-2. The summed E-state index contributed by atoms with van der Waals surface area (Å²) in [7, 11) is 0. The van der Waals surface area contributed by atoms with E-state index in [0.29, 0.717) is 57.6 Å². The van der Waals surface area contributed by atoms with E-state index in [1.807, 2.05) is 107 Å². The van der Waals surface area contributed by atoms with Crippen LogP contribution in [0.5, 0.6) is 0 Å². The van der Waals surface area contributed by atoms with Crippen LogP contribution in [0.25, 0.3) is 77.5 Å². The van der Waals surface area contributed by atoms with Crippen molar-refractivity contribution in [3.8, 4) is 44.8 Å². The molecular weight excluding hydrogens is 921 g/mol. The van der Waals surface area contributed by atoms with E-state index in [2.05, 4.69) is 22.1 Å². The Balaban J connectivity index is 0.000000228. The van der Waals surface area contributed by atoms with Gasteiger partial charge in [0, 0.05) is 59.7 Å². The third-order valence-corrected chi connectivity index (χ3v) is 10.6. The maximum atomic E-state index is 8.90. The second-order valence-electron chi connectivity index (χ2n) is 15.9. The molecule has 3 heterocycles. The van der Waals surface area contributed by atoms with E-state index in [4.69, 9.17) is 20.9 Å². The molecule has 0 aliphatic carbocycles. The first-order chi connectivity index (χ1) is 33.8. The Hall–Kier alpha value is -5.67. The van der Waals surface area contributed by atoms with Crippen molar-refractivity contribution in [2.75, 3.05) is 0 Å². The molecule has 0 unspecified atom stereocenters. The molecule has 9 aromatic rings. The van der Waals surface area contributed by atoms with E-state index in [-0.39, 0.29) is 47.9 Å². The van der Waals surface area contributed by atoms with Crippen LogP contribution in [0, 0.1) is 38.1 Å². The molecule has 3 nitrogen and oxygen atoms in total. The molecule has 9 rings (SSSR count). The first-order valence-corrected chi connectivity index (χ1v) is 20.3. The largest absolute Gasteiger partial charge is 0.500 e. The summed E-state index contributed by atoms with van der Waals surface area (Å²) in [5, 5.41) is 3.83. The predicted molar refractivity (Wildman–Crippen MR) is 253 cm³/mol. The maximum absolute atomic E-state index is 8.90. The Kier molecular flexibility index (Phi) is 9.22. The molecule has 4 heteroatoms. The monoisotopic (exact) mass is 987 g/mol. The van der Waals surface area contributed by atoms with Gasteiger partial charge in [0.15, 0.2) is 0 Å². The summed E-state index contributed by atoms with van der Waals surface area (Å²) in [6, 6.07) is 44.7. The number of rotatable bonds is 8. The van der Waals surface area contributed by atoms with Gasteiger partial charge in [-0.2, -0.15) is 0 Å². The van der Waals surface area contributed by atoms with Crippen molar-refractivity contribution >= 4 is 32.7 Å². The molecule has 1 radical (unpaired) electrons. The predicted octanol–water partition coefficient (Wildman–Crippen LogP) is 15.9. The summed E-state index contributed by atoms with van der Waals surface area (Å²) >= 11 is 0. The summed E-state index contributed by atoms with van der Waals surface area (Å²) in [6.07, 6.45) is 2.34. The average molecular weight is 987 g/mol. The third kappa shape index (κ3) is 9.32. The number of hydrogen-bond acceptors (Lipinski definition) is 3. The van der Waals surface area contributed by atoms with Gasteiger partial charge in [-0.05, 0) is 99.9 Å². The molecule has 3 aromatic heterocycles. The van der Waals surface area contributed by atoms with Crippen LogP contribution in [0.4, 0.5) is 0 Å². The van der Waals surface area contributed by atoms with Crippen LogP contribution >= 0.6 is 0 Å². The first kappa shape index (κ1) is 30.4. The van der Waals surface area contributed by atoms with Gasteiger partial charge in [0.05, 0.1) is 5.58 Å². The Morgan fingerprint density at radius 1 is 0.672 bits per heavy atom. The van der Waals surface area contributed by atoms with Crippen LogP contribution < -0.4 is 0 Å². The van der Waals surface area contributed by atoms with E-state index in [9.17, 15) is 0 Å². The number of aryl methyl sites for hydroxylation is 3. The second kappa shape index (κ2) is 18.5. The van der Waals surface area contributed by atoms with Gasteiger partial charge < -0.3 is 14.4 Å². The van der Waals surface area contributed by atoms with Crippen molar-refractivity contribution in [2.45, 2.75) is 80.3 Å². The van der Waals surface area contributed by atoms with Gasteiger partial charge in [-0.15, -0.1) is 47.5 Å². The molecule has 0 atom stereocenters. The summed E-state index contributed by atoms with van der Waals surface area (Å²) in [6.45, 7) is 2.02. The summed E-state index contributed by atoms with van der Waals surface area (Å²) in [4.78, 5) is 8.98. The molecule has 0 spiro atoms. The molecule has 0 amide bonds. The molecule has 61 heavy (non-hydrogen) atoms. The Labute approximate surface area is 392 Å². The van der Waals surface area contributed by atoms with Crippen molar-refractivity contribution in [1.82, 2.24) is 9.97 Å². The van der Waals surface area contributed by atoms with Gasteiger partial charge in [-0.25, -0.2) is 0 Å². The number of pyridine rings is 2.